The van der Waals surface area contributed by atoms with Crippen LogP contribution in [0.3, 0.4) is 0 Å². The molecule has 0 aromatic carbocycles. The molecule has 0 aromatic rings. The van der Waals surface area contributed by atoms with Gasteiger partial charge in [0.2, 0.25) is 0 Å². The zero-order valence-corrected chi connectivity index (χ0v) is 9.31. The quantitative estimate of drug-likeness (QED) is 0.341. The van der Waals surface area contributed by atoms with Crippen LogP contribution in [0.4, 0.5) is 0 Å². The molecule has 1 radical (unpaired) electrons. The third kappa shape index (κ3) is 8.99. The molecule has 0 spiro atoms. The molecule has 0 aliphatic heterocycles. The summed E-state index contributed by atoms with van der Waals surface area (Å²) < 4.78 is 9.52. The zero-order valence-electron chi connectivity index (χ0n) is 9.31. The van der Waals surface area contributed by atoms with E-state index in [1.54, 1.807) is 0 Å². The monoisotopic (exact) mass is 225 g/mol. The molecule has 4 nitrogen and oxygen atoms in total. The minimum absolute atomic E-state index is 0.374. The maximum absolute atomic E-state index is 10.6. The van der Waals surface area contributed by atoms with Crippen LogP contribution < -0.4 is 0 Å². The Hall–Kier alpha value is -1.58. The van der Waals surface area contributed by atoms with Gasteiger partial charge in [-0.25, -0.2) is 9.59 Å². The Morgan fingerprint density at radius 1 is 1.00 bits per heavy atom. The molecule has 0 rings (SSSR count). The molecule has 16 heavy (non-hydrogen) atoms. The predicted molar refractivity (Wildman–Crippen MR) is 59.5 cm³/mol. The second kappa shape index (κ2) is 9.96. The molecule has 0 heterocycles. The van der Waals surface area contributed by atoms with Crippen molar-refractivity contribution >= 4 is 11.9 Å². The van der Waals surface area contributed by atoms with Crippen molar-refractivity contribution in [2.24, 2.45) is 0 Å². The van der Waals surface area contributed by atoms with E-state index in [1.807, 2.05) is 0 Å². The van der Waals surface area contributed by atoms with Gasteiger partial charge >= 0.3 is 11.9 Å². The molecule has 0 saturated carbocycles. The van der Waals surface area contributed by atoms with Gasteiger partial charge in [0, 0.05) is 12.2 Å². The van der Waals surface area contributed by atoms with Crippen molar-refractivity contribution in [2.75, 3.05) is 13.2 Å². The Morgan fingerprint density at radius 2 is 1.50 bits per heavy atom. The molecule has 0 bridgehead atoms. The van der Waals surface area contributed by atoms with Crippen LogP contribution in [-0.4, -0.2) is 25.2 Å². The van der Waals surface area contributed by atoms with Gasteiger partial charge in [-0.2, -0.15) is 0 Å². The van der Waals surface area contributed by atoms with Crippen LogP contribution in [0.15, 0.2) is 18.7 Å². The third-order valence-corrected chi connectivity index (χ3v) is 1.83. The van der Waals surface area contributed by atoms with Gasteiger partial charge in [-0.3, -0.25) is 0 Å². The van der Waals surface area contributed by atoms with Crippen molar-refractivity contribution in [1.82, 2.24) is 0 Å². The van der Waals surface area contributed by atoms with E-state index in [-0.39, 0.29) is 0 Å². The number of hydrogen-bond acceptors (Lipinski definition) is 4. The van der Waals surface area contributed by atoms with E-state index in [0.29, 0.717) is 13.2 Å². The Labute approximate surface area is 95.9 Å². The van der Waals surface area contributed by atoms with E-state index in [2.05, 4.69) is 6.58 Å². The number of unbranched alkanes of at least 4 members (excludes halogenated alkanes) is 3. The number of rotatable bonds is 9. The highest BCUT2D eigenvalue weighted by Gasteiger charge is 1.97. The summed E-state index contributed by atoms with van der Waals surface area (Å²) in [5.74, 6) is -0.896. The summed E-state index contributed by atoms with van der Waals surface area (Å²) in [5.41, 5.74) is 0. The smallest absolute Gasteiger partial charge is 0.330 e. The van der Waals surface area contributed by atoms with Crippen molar-refractivity contribution < 1.29 is 19.1 Å². The summed E-state index contributed by atoms with van der Waals surface area (Å²) in [6, 6.07) is 0. The van der Waals surface area contributed by atoms with Crippen LogP contribution in [0.2, 0.25) is 0 Å². The molecule has 0 N–H and O–H groups in total. The highest BCUT2D eigenvalue weighted by atomic mass is 16.5. The first kappa shape index (κ1) is 14.4. The molecule has 0 unspecified atom stereocenters. The summed E-state index contributed by atoms with van der Waals surface area (Å²) in [6.45, 7) is 9.00. The maximum atomic E-state index is 10.6. The van der Waals surface area contributed by atoms with Crippen LogP contribution >= 0.6 is 0 Å². The Morgan fingerprint density at radius 3 is 1.94 bits per heavy atom. The lowest BCUT2D eigenvalue weighted by Crippen LogP contribution is -2.03. The third-order valence-electron chi connectivity index (χ3n) is 1.83. The van der Waals surface area contributed by atoms with Crippen molar-refractivity contribution in [3.05, 3.63) is 25.3 Å². The summed E-state index contributed by atoms with van der Waals surface area (Å²) in [5, 5.41) is 0. The fraction of sp³-hybridized carbons (Fsp3) is 0.500. The van der Waals surface area contributed by atoms with Crippen molar-refractivity contribution in [2.45, 2.75) is 25.7 Å². The summed E-state index contributed by atoms with van der Waals surface area (Å²) in [4.78, 5) is 21.2. The lowest BCUT2D eigenvalue weighted by Gasteiger charge is -2.03. The number of carbonyl (C=O) groups is 2. The standard InChI is InChI=1S/C12H17O4/c1-3-11(13)15-9-7-5-6-8-10-16-12(14)4-2/h1,3-4H,2,5-10H2. The molecule has 89 valence electrons. The van der Waals surface area contributed by atoms with Crippen molar-refractivity contribution in [1.29, 1.82) is 0 Å². The van der Waals surface area contributed by atoms with E-state index in [1.165, 1.54) is 0 Å². The van der Waals surface area contributed by atoms with Crippen LogP contribution in [0.25, 0.3) is 0 Å². The lowest BCUT2D eigenvalue weighted by atomic mass is 10.2. The minimum atomic E-state index is -0.500. The first-order valence-corrected chi connectivity index (χ1v) is 5.21. The Kier molecular flexibility index (Phi) is 8.97. The van der Waals surface area contributed by atoms with E-state index >= 15 is 0 Å². The van der Waals surface area contributed by atoms with Gasteiger partial charge in [0.15, 0.2) is 0 Å². The molecule has 4 heteroatoms. The van der Waals surface area contributed by atoms with Crippen LogP contribution in [0.1, 0.15) is 25.7 Å². The molecular weight excluding hydrogens is 208 g/mol. The summed E-state index contributed by atoms with van der Waals surface area (Å²) in [6.07, 6.45) is 5.47. The SMILES string of the molecule is [CH]=CC(=O)OCCCCCCOC(=O)C=C. The zero-order chi connectivity index (χ0) is 12.2. The number of hydrogen-bond donors (Lipinski definition) is 0. The van der Waals surface area contributed by atoms with Gasteiger partial charge in [-0.1, -0.05) is 13.2 Å². The second-order valence-electron chi connectivity index (χ2n) is 3.12. The minimum Gasteiger partial charge on any atom is -0.463 e. The first-order valence-electron chi connectivity index (χ1n) is 5.21. The molecule has 0 aromatic heterocycles. The van der Waals surface area contributed by atoms with Gasteiger partial charge in [0.05, 0.1) is 13.2 Å². The van der Waals surface area contributed by atoms with Gasteiger partial charge in [0.25, 0.3) is 0 Å². The molecule has 0 atom stereocenters. The predicted octanol–water partition coefficient (Wildman–Crippen LogP) is 1.81. The molecular formula is C12H17O4. The highest BCUT2D eigenvalue weighted by Crippen LogP contribution is 2.01. The molecule has 0 fully saturated rings. The first-order chi connectivity index (χ1) is 7.70. The van der Waals surface area contributed by atoms with E-state index in [0.717, 1.165) is 37.8 Å². The van der Waals surface area contributed by atoms with Crippen molar-refractivity contribution in [3.63, 3.8) is 0 Å². The number of esters is 2. The normalized spacial score (nSPS) is 9.25. The largest absolute Gasteiger partial charge is 0.463 e. The summed E-state index contributed by atoms with van der Waals surface area (Å²) in [7, 11) is 0. The molecule has 0 aliphatic rings. The average Bonchev–Trinajstić information content (AvgIpc) is 2.31. The van der Waals surface area contributed by atoms with Crippen molar-refractivity contribution in [3.8, 4) is 0 Å². The summed E-state index contributed by atoms with van der Waals surface area (Å²) >= 11 is 0. The van der Waals surface area contributed by atoms with Gasteiger partial charge < -0.3 is 9.47 Å². The van der Waals surface area contributed by atoms with E-state index in [9.17, 15) is 9.59 Å². The Bertz CT molecular complexity index is 219. The van der Waals surface area contributed by atoms with Crippen LogP contribution in [0.5, 0.6) is 0 Å². The van der Waals surface area contributed by atoms with Gasteiger partial charge in [-0.05, 0) is 25.7 Å². The van der Waals surface area contributed by atoms with Gasteiger partial charge in [-0.15, -0.1) is 0 Å². The topological polar surface area (TPSA) is 52.6 Å². The van der Waals surface area contributed by atoms with Gasteiger partial charge in [0.1, 0.15) is 0 Å². The lowest BCUT2D eigenvalue weighted by molar-refractivity contribution is -0.139. The van der Waals surface area contributed by atoms with Crippen LogP contribution in [0, 0.1) is 6.58 Å². The molecule has 0 amide bonds. The maximum Gasteiger partial charge on any atom is 0.330 e. The Balaban J connectivity index is 3.15. The highest BCUT2D eigenvalue weighted by molar-refractivity contribution is 5.81. The fourth-order valence-electron chi connectivity index (χ4n) is 1.01. The van der Waals surface area contributed by atoms with Crippen LogP contribution in [-0.2, 0) is 19.1 Å². The molecule has 0 aliphatic carbocycles. The van der Waals surface area contributed by atoms with E-state index < -0.39 is 11.9 Å². The van der Waals surface area contributed by atoms with E-state index in [4.69, 9.17) is 16.1 Å². The fourth-order valence-corrected chi connectivity index (χ4v) is 1.01. The average molecular weight is 225 g/mol. The second-order valence-corrected chi connectivity index (χ2v) is 3.12. The molecule has 0 saturated heterocycles. The number of ether oxygens (including phenoxy) is 2. The number of carbonyl (C=O) groups excluding carboxylic acids is 2.